The molecule has 0 saturated heterocycles. The molecule has 2 rings (SSSR count). The van der Waals surface area contributed by atoms with Gasteiger partial charge in [-0.1, -0.05) is 18.2 Å². The van der Waals surface area contributed by atoms with Gasteiger partial charge in [0.2, 0.25) is 5.91 Å². The third-order valence-corrected chi connectivity index (χ3v) is 4.07. The van der Waals surface area contributed by atoms with Crippen LogP contribution in [0.25, 0.3) is 0 Å². The summed E-state index contributed by atoms with van der Waals surface area (Å²) in [5.74, 6) is -1.65. The second kappa shape index (κ2) is 7.70. The smallest absolute Gasteiger partial charge is 0.323 e. The third kappa shape index (κ3) is 4.96. The second-order valence-electron chi connectivity index (χ2n) is 4.85. The molecular formula is C16H16FNO3S. The van der Waals surface area contributed by atoms with Crippen LogP contribution in [0.3, 0.4) is 0 Å². The number of halogens is 1. The summed E-state index contributed by atoms with van der Waals surface area (Å²) in [5.41, 5.74) is 0.701. The summed E-state index contributed by atoms with van der Waals surface area (Å²) in [6.07, 6.45) is 0.852. The van der Waals surface area contributed by atoms with Crippen molar-refractivity contribution in [1.82, 2.24) is 4.90 Å². The zero-order valence-corrected chi connectivity index (χ0v) is 12.7. The summed E-state index contributed by atoms with van der Waals surface area (Å²) in [6, 6.07) is 9.56. The number of amides is 1. The van der Waals surface area contributed by atoms with Crippen LogP contribution < -0.4 is 0 Å². The summed E-state index contributed by atoms with van der Waals surface area (Å²) in [7, 11) is 0. The molecule has 1 N–H and O–H groups in total. The predicted molar refractivity (Wildman–Crippen MR) is 82.1 cm³/mol. The first-order valence-electron chi connectivity index (χ1n) is 6.81. The fraction of sp³-hybridized carbons (Fsp3) is 0.250. The molecule has 1 amide bonds. The molecule has 0 bridgehead atoms. The zero-order valence-electron chi connectivity index (χ0n) is 11.9. The van der Waals surface area contributed by atoms with E-state index in [9.17, 15) is 14.0 Å². The molecule has 116 valence electrons. The van der Waals surface area contributed by atoms with Gasteiger partial charge in [0.25, 0.3) is 0 Å². The minimum Gasteiger partial charge on any atom is -0.480 e. The fourth-order valence-electron chi connectivity index (χ4n) is 2.05. The number of nitrogens with zero attached hydrogens (tertiary/aromatic N) is 1. The molecule has 0 aliphatic carbocycles. The van der Waals surface area contributed by atoms with Gasteiger partial charge in [-0.25, -0.2) is 4.39 Å². The number of carboxylic acid groups (broad SMARTS) is 1. The minimum absolute atomic E-state index is 0.163. The van der Waals surface area contributed by atoms with E-state index in [1.165, 1.54) is 17.0 Å². The first-order valence-corrected chi connectivity index (χ1v) is 7.69. The van der Waals surface area contributed by atoms with Crippen molar-refractivity contribution >= 4 is 23.2 Å². The van der Waals surface area contributed by atoms with E-state index in [2.05, 4.69) is 0 Å². The Labute approximate surface area is 131 Å². The Bertz CT molecular complexity index is 625. The zero-order chi connectivity index (χ0) is 15.9. The highest BCUT2D eigenvalue weighted by Gasteiger charge is 2.17. The Hall–Kier alpha value is -2.21. The average Bonchev–Trinajstić information content (AvgIpc) is 2.99. The molecular weight excluding hydrogens is 305 g/mol. The summed E-state index contributed by atoms with van der Waals surface area (Å²) in [5, 5.41) is 10.9. The Kier molecular flexibility index (Phi) is 5.66. The van der Waals surface area contributed by atoms with Gasteiger partial charge in [-0.2, -0.15) is 0 Å². The van der Waals surface area contributed by atoms with Crippen LogP contribution in [0, 0.1) is 5.82 Å². The quantitative estimate of drug-likeness (QED) is 0.853. The van der Waals surface area contributed by atoms with E-state index in [0.717, 1.165) is 4.88 Å². The van der Waals surface area contributed by atoms with Crippen LogP contribution in [0.1, 0.15) is 16.9 Å². The first-order chi connectivity index (χ1) is 10.5. The summed E-state index contributed by atoms with van der Waals surface area (Å²) < 4.78 is 12.9. The molecule has 1 heterocycles. The predicted octanol–water partition coefficient (Wildman–Crippen LogP) is 2.93. The lowest BCUT2D eigenvalue weighted by atomic mass is 10.2. The molecule has 4 nitrogen and oxygen atoms in total. The van der Waals surface area contributed by atoms with Gasteiger partial charge < -0.3 is 10.0 Å². The molecule has 0 spiro atoms. The van der Waals surface area contributed by atoms with Crippen LogP contribution in [0.2, 0.25) is 0 Å². The van der Waals surface area contributed by atoms with Crippen molar-refractivity contribution in [3.8, 4) is 0 Å². The largest absolute Gasteiger partial charge is 0.480 e. The average molecular weight is 321 g/mol. The van der Waals surface area contributed by atoms with E-state index in [1.54, 1.807) is 23.5 Å². The van der Waals surface area contributed by atoms with Gasteiger partial charge in [0.05, 0.1) is 0 Å². The third-order valence-electron chi connectivity index (χ3n) is 3.13. The lowest BCUT2D eigenvalue weighted by molar-refractivity contribution is -0.144. The SMILES string of the molecule is O=C(O)CN(Cc1ccc(F)cc1)C(=O)CCc1cccs1. The molecule has 0 saturated carbocycles. The maximum absolute atomic E-state index is 12.9. The number of hydrogen-bond acceptors (Lipinski definition) is 3. The molecule has 1 aromatic carbocycles. The van der Waals surface area contributed by atoms with Crippen LogP contribution in [-0.2, 0) is 22.6 Å². The second-order valence-corrected chi connectivity index (χ2v) is 5.88. The number of carboxylic acids is 1. The van der Waals surface area contributed by atoms with Crippen LogP contribution in [-0.4, -0.2) is 28.4 Å². The molecule has 0 atom stereocenters. The number of hydrogen-bond donors (Lipinski definition) is 1. The van der Waals surface area contributed by atoms with Crippen molar-refractivity contribution < 1.29 is 19.1 Å². The van der Waals surface area contributed by atoms with Gasteiger partial charge in [-0.15, -0.1) is 11.3 Å². The normalized spacial score (nSPS) is 10.4. The van der Waals surface area contributed by atoms with Crippen LogP contribution in [0.15, 0.2) is 41.8 Å². The summed E-state index contributed by atoms with van der Waals surface area (Å²) in [4.78, 5) is 25.5. The monoisotopic (exact) mass is 321 g/mol. The van der Waals surface area contributed by atoms with Crippen LogP contribution in [0.5, 0.6) is 0 Å². The molecule has 0 unspecified atom stereocenters. The molecule has 22 heavy (non-hydrogen) atoms. The lowest BCUT2D eigenvalue weighted by Gasteiger charge is -2.20. The van der Waals surface area contributed by atoms with Gasteiger partial charge in [0.1, 0.15) is 12.4 Å². The van der Waals surface area contributed by atoms with Gasteiger partial charge in [0.15, 0.2) is 0 Å². The minimum atomic E-state index is -1.06. The van der Waals surface area contributed by atoms with E-state index in [-0.39, 0.29) is 31.2 Å². The van der Waals surface area contributed by atoms with Gasteiger partial charge in [0, 0.05) is 17.8 Å². The standard InChI is InChI=1S/C16H16FNO3S/c17-13-5-3-12(4-6-13)10-18(11-16(20)21)15(19)8-7-14-2-1-9-22-14/h1-6,9H,7-8,10-11H2,(H,20,21). The summed E-state index contributed by atoms with van der Waals surface area (Å²) in [6.45, 7) is -0.198. The first kappa shape index (κ1) is 16.2. The van der Waals surface area contributed by atoms with Crippen molar-refractivity contribution in [1.29, 1.82) is 0 Å². The molecule has 0 fully saturated rings. The highest BCUT2D eigenvalue weighted by molar-refractivity contribution is 7.09. The van der Waals surface area contributed by atoms with Crippen molar-refractivity contribution in [2.45, 2.75) is 19.4 Å². The number of aliphatic carboxylic acids is 1. The number of carbonyl (C=O) groups is 2. The van der Waals surface area contributed by atoms with E-state index in [1.807, 2.05) is 17.5 Å². The maximum Gasteiger partial charge on any atom is 0.323 e. The van der Waals surface area contributed by atoms with E-state index >= 15 is 0 Å². The van der Waals surface area contributed by atoms with Gasteiger partial charge >= 0.3 is 5.97 Å². The van der Waals surface area contributed by atoms with Crippen molar-refractivity contribution in [2.24, 2.45) is 0 Å². The van der Waals surface area contributed by atoms with E-state index in [0.29, 0.717) is 12.0 Å². The summed E-state index contributed by atoms with van der Waals surface area (Å²) >= 11 is 1.57. The highest BCUT2D eigenvalue weighted by Crippen LogP contribution is 2.13. The van der Waals surface area contributed by atoms with Crippen molar-refractivity contribution in [2.75, 3.05) is 6.54 Å². The van der Waals surface area contributed by atoms with Gasteiger partial charge in [-0.3, -0.25) is 9.59 Å². The van der Waals surface area contributed by atoms with Crippen molar-refractivity contribution in [3.63, 3.8) is 0 Å². The Morgan fingerprint density at radius 2 is 1.91 bits per heavy atom. The molecule has 0 aliphatic rings. The highest BCUT2D eigenvalue weighted by atomic mass is 32.1. The number of rotatable bonds is 7. The van der Waals surface area contributed by atoms with Crippen molar-refractivity contribution in [3.05, 3.63) is 58.0 Å². The lowest BCUT2D eigenvalue weighted by Crippen LogP contribution is -2.35. The van der Waals surface area contributed by atoms with E-state index < -0.39 is 5.97 Å². The maximum atomic E-state index is 12.9. The van der Waals surface area contributed by atoms with E-state index in [4.69, 9.17) is 5.11 Å². The fourth-order valence-corrected chi connectivity index (χ4v) is 2.76. The Balaban J connectivity index is 1.99. The van der Waals surface area contributed by atoms with Crippen LogP contribution in [0.4, 0.5) is 4.39 Å². The number of benzene rings is 1. The number of carbonyl (C=O) groups excluding carboxylic acids is 1. The Morgan fingerprint density at radius 1 is 1.18 bits per heavy atom. The molecule has 0 aliphatic heterocycles. The van der Waals surface area contributed by atoms with Gasteiger partial charge in [-0.05, 0) is 35.6 Å². The number of aryl methyl sites for hydroxylation is 1. The number of thiophene rings is 1. The Morgan fingerprint density at radius 3 is 2.50 bits per heavy atom. The molecule has 2 aromatic rings. The molecule has 1 aromatic heterocycles. The molecule has 6 heteroatoms. The van der Waals surface area contributed by atoms with Crippen LogP contribution >= 0.6 is 11.3 Å². The molecule has 0 radical (unpaired) electrons. The topological polar surface area (TPSA) is 57.6 Å².